The lowest BCUT2D eigenvalue weighted by Crippen LogP contribution is -2.45. The topological polar surface area (TPSA) is 115 Å². The smallest absolute Gasteiger partial charge is 0.335 e. The fourth-order valence-corrected chi connectivity index (χ4v) is 11.2. The van der Waals surface area contributed by atoms with Crippen molar-refractivity contribution in [2.75, 3.05) is 39.5 Å². The van der Waals surface area contributed by atoms with Gasteiger partial charge in [0.15, 0.2) is 0 Å². The van der Waals surface area contributed by atoms with Crippen LogP contribution < -0.4 is 5.32 Å². The lowest BCUT2D eigenvalue weighted by atomic mass is 9.75. The summed E-state index contributed by atoms with van der Waals surface area (Å²) in [7, 11) is 4.28. The van der Waals surface area contributed by atoms with Crippen LogP contribution in [-0.2, 0) is 54.0 Å². The molecule has 57 heavy (non-hydrogen) atoms. The number of amides is 2. The van der Waals surface area contributed by atoms with Crippen molar-refractivity contribution in [3.05, 3.63) is 70.0 Å². The molecule has 2 aromatic carbocycles. The molecular weight excluding hydrogens is 717 g/mol. The van der Waals surface area contributed by atoms with E-state index in [9.17, 15) is 19.5 Å². The van der Waals surface area contributed by atoms with Gasteiger partial charge < -0.3 is 33.9 Å². The first kappa shape index (κ1) is 38.4. The Bertz CT molecular complexity index is 2150. The highest BCUT2D eigenvalue weighted by Gasteiger charge is 2.35. The molecule has 3 atom stereocenters. The minimum atomic E-state index is -0.846. The monoisotopic (exact) mass is 776 g/mol. The van der Waals surface area contributed by atoms with Gasteiger partial charge in [0.1, 0.15) is 0 Å². The summed E-state index contributed by atoms with van der Waals surface area (Å²) >= 11 is 0. The van der Waals surface area contributed by atoms with Crippen LogP contribution in [0.15, 0.2) is 36.4 Å². The maximum atomic E-state index is 13.5. The number of carbonyl (C=O) groups excluding carboxylic acids is 2. The minimum absolute atomic E-state index is 0.0696. The summed E-state index contributed by atoms with van der Waals surface area (Å²) in [6, 6.07) is 12.2. The van der Waals surface area contributed by atoms with Crippen LogP contribution in [0.1, 0.15) is 107 Å². The van der Waals surface area contributed by atoms with Crippen molar-refractivity contribution in [2.45, 2.75) is 95.9 Å². The number of ether oxygens (including phenoxy) is 2. The van der Waals surface area contributed by atoms with E-state index in [4.69, 9.17) is 9.47 Å². The van der Waals surface area contributed by atoms with E-state index < -0.39 is 5.97 Å². The zero-order valence-corrected chi connectivity index (χ0v) is 33.9. The largest absolute Gasteiger partial charge is 0.478 e. The maximum absolute atomic E-state index is 13.5. The minimum Gasteiger partial charge on any atom is -0.478 e. The molecule has 3 unspecified atom stereocenters. The fraction of sp³-hybridized carbons (Fsp3) is 0.596. The number of aromatic carboxylic acids is 1. The molecule has 0 spiro atoms. The molecule has 5 heterocycles. The Hall–Kier alpha value is -4.15. The number of fused-ring (bicyclic) bond motifs is 6. The summed E-state index contributed by atoms with van der Waals surface area (Å²) in [6.45, 7) is 4.87. The van der Waals surface area contributed by atoms with Gasteiger partial charge in [0, 0.05) is 98.4 Å². The lowest BCUT2D eigenvalue weighted by Gasteiger charge is -2.33. The van der Waals surface area contributed by atoms with Gasteiger partial charge >= 0.3 is 5.97 Å². The van der Waals surface area contributed by atoms with Crippen LogP contribution in [0.25, 0.3) is 21.8 Å². The van der Waals surface area contributed by atoms with E-state index in [1.807, 2.05) is 23.1 Å². The van der Waals surface area contributed by atoms with Crippen molar-refractivity contribution in [3.63, 3.8) is 0 Å². The Morgan fingerprint density at radius 3 is 1.72 bits per heavy atom. The van der Waals surface area contributed by atoms with Gasteiger partial charge in [-0.25, -0.2) is 4.79 Å². The van der Waals surface area contributed by atoms with Gasteiger partial charge in [-0.2, -0.15) is 0 Å². The first-order valence-corrected chi connectivity index (χ1v) is 21.9. The number of nitrogens with zero attached hydrogens (tertiary/aromatic N) is 3. The van der Waals surface area contributed by atoms with Crippen molar-refractivity contribution in [1.82, 2.24) is 19.4 Å². The van der Waals surface area contributed by atoms with Crippen LogP contribution in [0.5, 0.6) is 0 Å². The van der Waals surface area contributed by atoms with E-state index in [2.05, 4.69) is 40.7 Å². The molecule has 4 fully saturated rings. The Morgan fingerprint density at radius 1 is 0.667 bits per heavy atom. The molecular formula is C47H60N4O6. The molecule has 2 aromatic heterocycles. The van der Waals surface area contributed by atoms with Gasteiger partial charge in [0.2, 0.25) is 5.91 Å². The normalized spacial score (nSPS) is 24.4. The Morgan fingerprint density at radius 2 is 1.19 bits per heavy atom. The van der Waals surface area contributed by atoms with E-state index in [0.29, 0.717) is 30.0 Å². The van der Waals surface area contributed by atoms with Crippen molar-refractivity contribution < 1.29 is 29.0 Å². The third-order valence-corrected chi connectivity index (χ3v) is 14.7. The van der Waals surface area contributed by atoms with Crippen LogP contribution in [0.2, 0.25) is 0 Å². The lowest BCUT2D eigenvalue weighted by molar-refractivity contribution is -0.126. The number of nitrogens with one attached hydrogen (secondary N) is 1. The van der Waals surface area contributed by atoms with E-state index in [-0.39, 0.29) is 17.7 Å². The number of rotatable bonds is 6. The molecule has 2 N–H and O–H groups in total. The van der Waals surface area contributed by atoms with Crippen LogP contribution >= 0.6 is 0 Å². The SMILES string of the molecule is Cn1c2c(c3cc(C(=O)N4CCCC(C(=O)NC5CC5)C4)ccc31)CC(C1CCOCC1)CC2.Cn1c2c(c3cc(C(=O)O)ccc31)CC(C1CCOCC1)CC2. The van der Waals surface area contributed by atoms with Gasteiger partial charge in [-0.15, -0.1) is 0 Å². The van der Waals surface area contributed by atoms with Crippen molar-refractivity contribution in [2.24, 2.45) is 43.7 Å². The molecule has 10 nitrogen and oxygen atoms in total. The molecule has 0 bridgehead atoms. The first-order chi connectivity index (χ1) is 27.7. The summed E-state index contributed by atoms with van der Waals surface area (Å²) in [5.41, 5.74) is 9.21. The summed E-state index contributed by atoms with van der Waals surface area (Å²) in [4.78, 5) is 39.3. The van der Waals surface area contributed by atoms with E-state index in [1.54, 1.807) is 6.07 Å². The van der Waals surface area contributed by atoms with Crippen molar-refractivity contribution in [1.29, 1.82) is 0 Å². The second kappa shape index (κ2) is 16.2. The molecule has 0 radical (unpaired) electrons. The van der Waals surface area contributed by atoms with Gasteiger partial charge in [-0.1, -0.05) is 0 Å². The number of hydrogen-bond donors (Lipinski definition) is 2. The molecule has 4 aromatic rings. The van der Waals surface area contributed by atoms with Crippen LogP contribution in [0.3, 0.4) is 0 Å². The Balaban J connectivity index is 0.000000160. The van der Waals surface area contributed by atoms with Crippen LogP contribution in [0.4, 0.5) is 0 Å². The zero-order chi connectivity index (χ0) is 39.2. The quantitative estimate of drug-likeness (QED) is 0.213. The molecule has 304 valence electrons. The van der Waals surface area contributed by atoms with Crippen LogP contribution in [-0.4, -0.2) is 82.5 Å². The fourth-order valence-electron chi connectivity index (χ4n) is 11.2. The molecule has 10 rings (SSSR count). The second-order valence-corrected chi connectivity index (χ2v) is 18.0. The predicted octanol–water partition coefficient (Wildman–Crippen LogP) is 7.25. The van der Waals surface area contributed by atoms with E-state index >= 15 is 0 Å². The summed E-state index contributed by atoms with van der Waals surface area (Å²) in [6.07, 6.45) is 15.6. The third kappa shape index (κ3) is 7.76. The van der Waals surface area contributed by atoms with Crippen molar-refractivity contribution in [3.8, 4) is 0 Å². The number of likely N-dealkylation sites (tertiary alicyclic amines) is 1. The van der Waals surface area contributed by atoms with Crippen molar-refractivity contribution >= 4 is 39.6 Å². The average Bonchev–Trinajstić information content (AvgIpc) is 3.98. The number of benzene rings is 2. The molecule has 3 aliphatic heterocycles. The Kier molecular flexibility index (Phi) is 10.9. The predicted molar refractivity (Wildman–Crippen MR) is 221 cm³/mol. The summed E-state index contributed by atoms with van der Waals surface area (Å²) < 4.78 is 15.7. The van der Waals surface area contributed by atoms with Gasteiger partial charge in [-0.05, 0) is 161 Å². The number of aryl methyl sites for hydroxylation is 2. The first-order valence-electron chi connectivity index (χ1n) is 21.9. The molecule has 2 amide bonds. The summed E-state index contributed by atoms with van der Waals surface area (Å²) in [5.74, 6) is 2.23. The number of carboxylic acids is 1. The van der Waals surface area contributed by atoms with Gasteiger partial charge in [0.25, 0.3) is 5.91 Å². The average molecular weight is 777 g/mol. The van der Waals surface area contributed by atoms with E-state index in [0.717, 1.165) is 113 Å². The number of carboxylic acid groups (broad SMARTS) is 1. The molecule has 1 saturated carbocycles. The van der Waals surface area contributed by atoms with Gasteiger partial charge in [-0.3, -0.25) is 9.59 Å². The highest BCUT2D eigenvalue weighted by Crippen LogP contribution is 2.41. The van der Waals surface area contributed by atoms with Gasteiger partial charge in [0.05, 0.1) is 11.5 Å². The summed E-state index contributed by atoms with van der Waals surface area (Å²) in [5, 5.41) is 14.8. The Labute approximate surface area is 336 Å². The second-order valence-electron chi connectivity index (χ2n) is 18.0. The number of piperidine rings is 1. The standard InChI is InChI=1S/C28H37N3O3.C19H23NO3/c1-30-25-8-4-19(18-10-13-34-14-11-18)15-23(25)24-16-20(5-9-26(24)30)28(33)31-12-2-3-21(17-31)27(32)29-22-6-7-22;1-20-17-4-2-13(12-6-8-23-9-7-12)10-15(17)16-11-14(19(21)22)3-5-18(16)20/h5,9,16,18-19,21-22H,2-4,6-8,10-15,17H2,1H3,(H,29,32);3,5,11-13H,2,4,6-10H2,1H3,(H,21,22). The number of hydrogen-bond acceptors (Lipinski definition) is 5. The molecule has 10 heteroatoms. The number of aromatic nitrogens is 2. The highest BCUT2D eigenvalue weighted by molar-refractivity contribution is 6.00. The number of carbonyl (C=O) groups is 3. The van der Waals surface area contributed by atoms with Crippen LogP contribution in [0, 0.1) is 29.6 Å². The maximum Gasteiger partial charge on any atom is 0.335 e. The van der Waals surface area contributed by atoms with E-state index in [1.165, 1.54) is 71.9 Å². The molecule has 3 aliphatic carbocycles. The zero-order valence-electron chi connectivity index (χ0n) is 33.9. The molecule has 3 saturated heterocycles. The highest BCUT2D eigenvalue weighted by atomic mass is 16.5. The molecule has 6 aliphatic rings. The third-order valence-electron chi connectivity index (χ3n) is 14.7.